The number of carboxylic acids is 1. The maximum atomic E-state index is 11.1. The van der Waals surface area contributed by atoms with Crippen LogP contribution in [0.15, 0.2) is 36.4 Å². The highest BCUT2D eigenvalue weighted by atomic mass is 16.5. The van der Waals surface area contributed by atoms with E-state index >= 15 is 0 Å². The van der Waals surface area contributed by atoms with Crippen LogP contribution in [0.4, 0.5) is 0 Å². The van der Waals surface area contributed by atoms with E-state index < -0.39 is 11.9 Å². The summed E-state index contributed by atoms with van der Waals surface area (Å²) in [5.41, 5.74) is 0.785. The second-order valence-corrected chi connectivity index (χ2v) is 3.97. The zero-order valence-corrected chi connectivity index (χ0v) is 9.81. The predicted molar refractivity (Wildman–Crippen MR) is 66.6 cm³/mol. The number of carbonyl (C=O) groups is 1. The minimum atomic E-state index is -0.830. The van der Waals surface area contributed by atoms with Crippen LogP contribution < -0.4 is 4.74 Å². The van der Waals surface area contributed by atoms with Crippen LogP contribution in [0.3, 0.4) is 0 Å². The first-order valence-corrected chi connectivity index (χ1v) is 5.43. The summed E-state index contributed by atoms with van der Waals surface area (Å²) in [6, 6.07) is 11.4. The molecule has 0 aliphatic carbocycles. The first-order chi connectivity index (χ1) is 8.15. The highest BCUT2D eigenvalue weighted by Crippen LogP contribution is 2.32. The Balaban J connectivity index is 2.75. The summed E-state index contributed by atoms with van der Waals surface area (Å²) in [7, 11) is 1.59. The molecule has 0 aliphatic heterocycles. The van der Waals surface area contributed by atoms with Crippen LogP contribution in [0.25, 0.3) is 10.8 Å². The third-order valence-electron chi connectivity index (χ3n) is 2.96. The van der Waals surface area contributed by atoms with Crippen molar-refractivity contribution in [3.05, 3.63) is 42.0 Å². The number of ether oxygens (including phenoxy) is 1. The fraction of sp³-hybridized carbons (Fsp3) is 0.214. The van der Waals surface area contributed by atoms with Crippen molar-refractivity contribution in [1.29, 1.82) is 0 Å². The molecule has 0 saturated carbocycles. The Labute approximate surface area is 99.6 Å². The average molecular weight is 230 g/mol. The van der Waals surface area contributed by atoms with Gasteiger partial charge >= 0.3 is 5.97 Å². The lowest BCUT2D eigenvalue weighted by Gasteiger charge is -2.13. The van der Waals surface area contributed by atoms with Gasteiger partial charge in [0.2, 0.25) is 0 Å². The minimum absolute atomic E-state index is 0.546. The van der Waals surface area contributed by atoms with E-state index in [4.69, 9.17) is 9.84 Å². The van der Waals surface area contributed by atoms with Crippen molar-refractivity contribution in [2.45, 2.75) is 12.8 Å². The van der Waals surface area contributed by atoms with Gasteiger partial charge in [0.1, 0.15) is 5.75 Å². The fourth-order valence-electron chi connectivity index (χ4n) is 2.00. The standard InChI is InChI=1S/C14H14O3/c1-9(14(15)16)11-7-3-5-10-6-4-8-12(17-2)13(10)11/h3-9H,1-2H3,(H,15,16). The van der Waals surface area contributed by atoms with Crippen molar-refractivity contribution in [3.63, 3.8) is 0 Å². The number of carboxylic acid groups (broad SMARTS) is 1. The molecule has 0 aromatic heterocycles. The maximum absolute atomic E-state index is 11.1. The second kappa shape index (κ2) is 4.45. The lowest BCUT2D eigenvalue weighted by molar-refractivity contribution is -0.138. The molecule has 0 saturated heterocycles. The summed E-state index contributed by atoms with van der Waals surface area (Å²) >= 11 is 0. The molecule has 2 aromatic carbocycles. The van der Waals surface area contributed by atoms with Gasteiger partial charge in [-0.2, -0.15) is 0 Å². The normalized spacial score (nSPS) is 12.4. The lowest BCUT2D eigenvalue weighted by atomic mass is 9.94. The highest BCUT2D eigenvalue weighted by Gasteiger charge is 2.18. The number of aliphatic carboxylic acids is 1. The first-order valence-electron chi connectivity index (χ1n) is 5.43. The van der Waals surface area contributed by atoms with E-state index in [0.29, 0.717) is 5.75 Å². The quantitative estimate of drug-likeness (QED) is 0.881. The topological polar surface area (TPSA) is 46.5 Å². The molecule has 0 heterocycles. The number of fused-ring (bicyclic) bond motifs is 1. The van der Waals surface area contributed by atoms with E-state index in [1.54, 1.807) is 14.0 Å². The Bertz CT molecular complexity index is 555. The van der Waals surface area contributed by atoms with Gasteiger partial charge in [0.15, 0.2) is 0 Å². The smallest absolute Gasteiger partial charge is 0.310 e. The van der Waals surface area contributed by atoms with Gasteiger partial charge in [-0.05, 0) is 23.9 Å². The fourth-order valence-corrected chi connectivity index (χ4v) is 2.00. The molecule has 0 bridgehead atoms. The Morgan fingerprint density at radius 3 is 2.47 bits per heavy atom. The van der Waals surface area contributed by atoms with Crippen LogP contribution >= 0.6 is 0 Å². The van der Waals surface area contributed by atoms with Gasteiger partial charge in [-0.25, -0.2) is 0 Å². The zero-order chi connectivity index (χ0) is 12.4. The van der Waals surface area contributed by atoms with Crippen LogP contribution in [0.5, 0.6) is 5.75 Å². The Kier molecular flexibility index (Phi) is 3.00. The Morgan fingerprint density at radius 2 is 1.88 bits per heavy atom. The summed E-state index contributed by atoms with van der Waals surface area (Å²) in [6.07, 6.45) is 0. The molecule has 2 aromatic rings. The lowest BCUT2D eigenvalue weighted by Crippen LogP contribution is -2.08. The molecule has 2 rings (SSSR count). The molecule has 0 fully saturated rings. The van der Waals surface area contributed by atoms with E-state index in [2.05, 4.69) is 0 Å². The van der Waals surface area contributed by atoms with E-state index in [1.165, 1.54) is 0 Å². The maximum Gasteiger partial charge on any atom is 0.310 e. The van der Waals surface area contributed by atoms with Gasteiger partial charge in [-0.3, -0.25) is 4.79 Å². The van der Waals surface area contributed by atoms with Crippen LogP contribution in [-0.2, 0) is 4.79 Å². The van der Waals surface area contributed by atoms with E-state index in [0.717, 1.165) is 16.3 Å². The van der Waals surface area contributed by atoms with Gasteiger partial charge in [-0.15, -0.1) is 0 Å². The minimum Gasteiger partial charge on any atom is -0.496 e. The third-order valence-corrected chi connectivity index (χ3v) is 2.96. The van der Waals surface area contributed by atoms with Crippen molar-refractivity contribution < 1.29 is 14.6 Å². The summed E-state index contributed by atoms with van der Waals surface area (Å²) in [4.78, 5) is 11.1. The van der Waals surface area contributed by atoms with Crippen molar-refractivity contribution >= 4 is 16.7 Å². The third kappa shape index (κ3) is 1.96. The molecule has 3 heteroatoms. The highest BCUT2D eigenvalue weighted by molar-refractivity contribution is 5.94. The number of methoxy groups -OCH3 is 1. The van der Waals surface area contributed by atoms with Crippen LogP contribution in [0.2, 0.25) is 0 Å². The summed E-state index contributed by atoms with van der Waals surface area (Å²) < 4.78 is 5.31. The van der Waals surface area contributed by atoms with Crippen molar-refractivity contribution in [3.8, 4) is 5.75 Å². The number of benzene rings is 2. The van der Waals surface area contributed by atoms with E-state index in [-0.39, 0.29) is 0 Å². The molecule has 1 unspecified atom stereocenters. The van der Waals surface area contributed by atoms with Gasteiger partial charge in [0, 0.05) is 5.39 Å². The molecule has 17 heavy (non-hydrogen) atoms. The van der Waals surface area contributed by atoms with Gasteiger partial charge in [0.25, 0.3) is 0 Å². The van der Waals surface area contributed by atoms with Gasteiger partial charge in [-0.1, -0.05) is 30.3 Å². The molecule has 0 aliphatic rings. The number of hydrogen-bond donors (Lipinski definition) is 1. The van der Waals surface area contributed by atoms with Crippen molar-refractivity contribution in [1.82, 2.24) is 0 Å². The first kappa shape index (κ1) is 11.5. The molecule has 1 N–H and O–H groups in total. The number of rotatable bonds is 3. The Hall–Kier alpha value is -2.03. The molecule has 0 spiro atoms. The predicted octanol–water partition coefficient (Wildman–Crippen LogP) is 3.04. The van der Waals surface area contributed by atoms with Crippen molar-refractivity contribution in [2.75, 3.05) is 7.11 Å². The molecule has 1 atom stereocenters. The van der Waals surface area contributed by atoms with Crippen LogP contribution in [0, 0.1) is 0 Å². The number of hydrogen-bond acceptors (Lipinski definition) is 2. The molecule has 88 valence electrons. The van der Waals surface area contributed by atoms with Crippen molar-refractivity contribution in [2.24, 2.45) is 0 Å². The second-order valence-electron chi connectivity index (χ2n) is 3.97. The molecule has 0 radical (unpaired) electrons. The monoisotopic (exact) mass is 230 g/mol. The molecular weight excluding hydrogens is 216 g/mol. The molecule has 0 amide bonds. The van der Waals surface area contributed by atoms with Gasteiger partial charge < -0.3 is 9.84 Å². The summed E-state index contributed by atoms with van der Waals surface area (Å²) in [5, 5.41) is 11.0. The Morgan fingerprint density at radius 1 is 1.24 bits per heavy atom. The molecule has 3 nitrogen and oxygen atoms in total. The van der Waals surface area contributed by atoms with E-state index in [1.807, 2.05) is 36.4 Å². The summed E-state index contributed by atoms with van der Waals surface area (Å²) in [6.45, 7) is 1.68. The SMILES string of the molecule is COc1cccc2cccc(C(C)C(=O)O)c12. The van der Waals surface area contributed by atoms with Crippen LogP contribution in [0.1, 0.15) is 18.4 Å². The van der Waals surface area contributed by atoms with Gasteiger partial charge in [0.05, 0.1) is 13.0 Å². The summed E-state index contributed by atoms with van der Waals surface area (Å²) in [5.74, 6) is -0.662. The molecular formula is C14H14O3. The van der Waals surface area contributed by atoms with Crippen LogP contribution in [-0.4, -0.2) is 18.2 Å². The average Bonchev–Trinajstić information content (AvgIpc) is 2.36. The largest absolute Gasteiger partial charge is 0.496 e. The zero-order valence-electron chi connectivity index (χ0n) is 9.81. The van der Waals surface area contributed by atoms with E-state index in [9.17, 15) is 4.79 Å².